The fourth-order valence-corrected chi connectivity index (χ4v) is 2.27. The highest BCUT2D eigenvalue weighted by molar-refractivity contribution is 5.95. The average Bonchev–Trinajstić information content (AvgIpc) is 2.58. The maximum atomic E-state index is 12.2. The molecule has 0 fully saturated rings. The molecule has 0 aliphatic rings. The Bertz CT molecular complexity index is 739. The number of amides is 1. The van der Waals surface area contributed by atoms with Gasteiger partial charge in [-0.3, -0.25) is 9.78 Å². The van der Waals surface area contributed by atoms with Crippen LogP contribution >= 0.6 is 0 Å². The third kappa shape index (κ3) is 5.38. The second kappa shape index (κ2) is 7.88. The van der Waals surface area contributed by atoms with Gasteiger partial charge in [0.15, 0.2) is 11.5 Å². The SMILES string of the molecule is COc1ccc(CNc2cncc(C(=O)NC(C)(C)C)c2)cc1OC. The first-order chi connectivity index (χ1) is 11.8. The molecule has 134 valence electrons. The summed E-state index contributed by atoms with van der Waals surface area (Å²) in [6.07, 6.45) is 3.25. The van der Waals surface area contributed by atoms with E-state index in [0.29, 0.717) is 23.6 Å². The lowest BCUT2D eigenvalue weighted by molar-refractivity contribution is 0.0919. The Balaban J connectivity index is 2.06. The predicted molar refractivity (Wildman–Crippen MR) is 98.3 cm³/mol. The summed E-state index contributed by atoms with van der Waals surface area (Å²) < 4.78 is 10.5. The van der Waals surface area contributed by atoms with E-state index in [1.54, 1.807) is 32.7 Å². The van der Waals surface area contributed by atoms with Crippen molar-refractivity contribution in [1.29, 1.82) is 0 Å². The van der Waals surface area contributed by atoms with Crippen LogP contribution in [0.2, 0.25) is 0 Å². The Morgan fingerprint density at radius 1 is 1.08 bits per heavy atom. The van der Waals surface area contributed by atoms with Crippen molar-refractivity contribution in [2.75, 3.05) is 19.5 Å². The minimum Gasteiger partial charge on any atom is -0.493 e. The molecule has 1 amide bonds. The molecule has 0 bridgehead atoms. The Hall–Kier alpha value is -2.76. The number of pyridine rings is 1. The van der Waals surface area contributed by atoms with E-state index >= 15 is 0 Å². The van der Waals surface area contributed by atoms with Crippen LogP contribution in [0.5, 0.6) is 11.5 Å². The minimum atomic E-state index is -0.292. The van der Waals surface area contributed by atoms with E-state index in [9.17, 15) is 4.79 Å². The van der Waals surface area contributed by atoms with Gasteiger partial charge in [-0.15, -0.1) is 0 Å². The molecule has 0 aliphatic carbocycles. The molecule has 2 aromatic rings. The number of methoxy groups -OCH3 is 2. The second-order valence-corrected chi connectivity index (χ2v) is 6.71. The van der Waals surface area contributed by atoms with Gasteiger partial charge in [0.25, 0.3) is 5.91 Å². The van der Waals surface area contributed by atoms with Crippen LogP contribution in [-0.4, -0.2) is 30.6 Å². The first kappa shape index (κ1) is 18.6. The quantitative estimate of drug-likeness (QED) is 0.842. The first-order valence-corrected chi connectivity index (χ1v) is 8.05. The largest absolute Gasteiger partial charge is 0.493 e. The monoisotopic (exact) mass is 343 g/mol. The summed E-state index contributed by atoms with van der Waals surface area (Å²) in [6.45, 7) is 6.40. The normalized spacial score (nSPS) is 10.9. The van der Waals surface area contributed by atoms with Gasteiger partial charge in [0.2, 0.25) is 0 Å². The smallest absolute Gasteiger partial charge is 0.253 e. The van der Waals surface area contributed by atoms with Crippen molar-refractivity contribution >= 4 is 11.6 Å². The molecule has 0 atom stereocenters. The molecule has 0 radical (unpaired) electrons. The third-order valence-corrected chi connectivity index (χ3v) is 3.43. The van der Waals surface area contributed by atoms with Crippen molar-refractivity contribution in [3.8, 4) is 11.5 Å². The number of benzene rings is 1. The van der Waals surface area contributed by atoms with Crippen LogP contribution in [0.3, 0.4) is 0 Å². The zero-order chi connectivity index (χ0) is 18.4. The summed E-state index contributed by atoms with van der Waals surface area (Å²) in [5, 5.41) is 6.20. The van der Waals surface area contributed by atoms with Crippen molar-refractivity contribution < 1.29 is 14.3 Å². The molecule has 0 saturated carbocycles. The van der Waals surface area contributed by atoms with E-state index in [1.165, 1.54) is 0 Å². The third-order valence-electron chi connectivity index (χ3n) is 3.43. The predicted octanol–water partition coefficient (Wildman–Crippen LogP) is 3.24. The van der Waals surface area contributed by atoms with E-state index in [4.69, 9.17) is 9.47 Å². The summed E-state index contributed by atoms with van der Waals surface area (Å²) in [5.74, 6) is 1.22. The Morgan fingerprint density at radius 3 is 2.44 bits per heavy atom. The van der Waals surface area contributed by atoms with Crippen LogP contribution in [0.25, 0.3) is 0 Å². The number of nitrogens with one attached hydrogen (secondary N) is 2. The molecule has 0 spiro atoms. The van der Waals surface area contributed by atoms with Crippen molar-refractivity contribution in [2.24, 2.45) is 0 Å². The highest BCUT2D eigenvalue weighted by Gasteiger charge is 2.15. The molecule has 2 N–H and O–H groups in total. The number of aromatic nitrogens is 1. The zero-order valence-electron chi connectivity index (χ0n) is 15.3. The lowest BCUT2D eigenvalue weighted by Gasteiger charge is -2.20. The zero-order valence-corrected chi connectivity index (χ0v) is 15.3. The van der Waals surface area contributed by atoms with Gasteiger partial charge in [-0.25, -0.2) is 0 Å². The molecule has 6 nitrogen and oxygen atoms in total. The highest BCUT2D eigenvalue weighted by atomic mass is 16.5. The number of nitrogens with zero attached hydrogens (tertiary/aromatic N) is 1. The summed E-state index contributed by atoms with van der Waals surface area (Å²) in [5.41, 5.74) is 2.03. The van der Waals surface area contributed by atoms with Crippen molar-refractivity contribution in [3.05, 3.63) is 47.8 Å². The summed E-state index contributed by atoms with van der Waals surface area (Å²) in [4.78, 5) is 16.4. The minimum absolute atomic E-state index is 0.144. The van der Waals surface area contributed by atoms with Crippen LogP contribution in [0.1, 0.15) is 36.7 Å². The molecular weight excluding hydrogens is 318 g/mol. The van der Waals surface area contributed by atoms with Crippen LogP contribution in [-0.2, 0) is 6.54 Å². The Labute approximate surface area is 148 Å². The van der Waals surface area contributed by atoms with Gasteiger partial charge in [0.1, 0.15) is 0 Å². The van der Waals surface area contributed by atoms with Crippen molar-refractivity contribution in [3.63, 3.8) is 0 Å². The van der Waals surface area contributed by atoms with E-state index in [1.807, 2.05) is 39.0 Å². The van der Waals surface area contributed by atoms with Crippen molar-refractivity contribution in [2.45, 2.75) is 32.9 Å². The van der Waals surface area contributed by atoms with Crippen LogP contribution in [0.4, 0.5) is 5.69 Å². The van der Waals surface area contributed by atoms with Gasteiger partial charge in [-0.1, -0.05) is 6.07 Å². The summed E-state index contributed by atoms with van der Waals surface area (Å²) >= 11 is 0. The molecule has 6 heteroatoms. The molecule has 2 rings (SSSR count). The van der Waals surface area contributed by atoms with E-state index in [2.05, 4.69) is 15.6 Å². The molecule has 25 heavy (non-hydrogen) atoms. The average molecular weight is 343 g/mol. The van der Waals surface area contributed by atoms with Gasteiger partial charge in [-0.2, -0.15) is 0 Å². The van der Waals surface area contributed by atoms with Gasteiger partial charge in [0, 0.05) is 24.5 Å². The maximum Gasteiger partial charge on any atom is 0.253 e. The Morgan fingerprint density at radius 2 is 1.80 bits per heavy atom. The number of anilines is 1. The van der Waals surface area contributed by atoms with Gasteiger partial charge < -0.3 is 20.1 Å². The second-order valence-electron chi connectivity index (χ2n) is 6.71. The van der Waals surface area contributed by atoms with Gasteiger partial charge in [0.05, 0.1) is 25.5 Å². The fraction of sp³-hybridized carbons (Fsp3) is 0.368. The van der Waals surface area contributed by atoms with E-state index < -0.39 is 0 Å². The molecule has 0 unspecified atom stereocenters. The molecule has 1 heterocycles. The maximum absolute atomic E-state index is 12.2. The van der Waals surface area contributed by atoms with Gasteiger partial charge >= 0.3 is 0 Å². The molecule has 0 aliphatic heterocycles. The highest BCUT2D eigenvalue weighted by Crippen LogP contribution is 2.27. The summed E-state index contributed by atoms with van der Waals surface area (Å²) in [7, 11) is 3.21. The van der Waals surface area contributed by atoms with Crippen LogP contribution in [0, 0.1) is 0 Å². The standard InChI is InChI=1S/C19H25N3O3/c1-19(2,3)22-18(23)14-9-15(12-20-11-14)21-10-13-6-7-16(24-4)17(8-13)25-5/h6-9,11-12,21H,10H2,1-5H3,(H,22,23). The molecule has 0 saturated heterocycles. The Kier molecular flexibility index (Phi) is 5.85. The number of carbonyl (C=O) groups excluding carboxylic acids is 1. The summed E-state index contributed by atoms with van der Waals surface area (Å²) in [6, 6.07) is 7.52. The van der Waals surface area contributed by atoms with Crippen molar-refractivity contribution in [1.82, 2.24) is 10.3 Å². The van der Waals surface area contributed by atoms with Crippen LogP contribution < -0.4 is 20.1 Å². The number of hydrogen-bond donors (Lipinski definition) is 2. The molecule has 1 aromatic carbocycles. The number of rotatable bonds is 6. The number of hydrogen-bond acceptors (Lipinski definition) is 5. The first-order valence-electron chi connectivity index (χ1n) is 8.05. The van der Waals surface area contributed by atoms with Gasteiger partial charge in [-0.05, 0) is 44.5 Å². The topological polar surface area (TPSA) is 72.5 Å². The molecular formula is C19H25N3O3. The number of carbonyl (C=O) groups is 1. The number of ether oxygens (including phenoxy) is 2. The lowest BCUT2D eigenvalue weighted by Crippen LogP contribution is -2.40. The lowest BCUT2D eigenvalue weighted by atomic mass is 10.1. The van der Waals surface area contributed by atoms with E-state index in [0.717, 1.165) is 11.3 Å². The van der Waals surface area contributed by atoms with E-state index in [-0.39, 0.29) is 11.4 Å². The van der Waals surface area contributed by atoms with Crippen LogP contribution in [0.15, 0.2) is 36.7 Å². The molecule has 1 aromatic heterocycles. The fourth-order valence-electron chi connectivity index (χ4n) is 2.27.